The average molecular weight is 240 g/mol. The zero-order valence-corrected chi connectivity index (χ0v) is 9.07. The summed E-state index contributed by atoms with van der Waals surface area (Å²) in [6.07, 6.45) is -0.146. The molecule has 0 unspecified atom stereocenters. The Kier molecular flexibility index (Phi) is 4.93. The van der Waals surface area contributed by atoms with Crippen LogP contribution in [0.15, 0.2) is 24.3 Å². The van der Waals surface area contributed by atoms with Crippen molar-refractivity contribution >= 4 is 12.0 Å². The smallest absolute Gasteiger partial charge is 0.315 e. The summed E-state index contributed by atoms with van der Waals surface area (Å²) in [7, 11) is 0. The number of benzene rings is 1. The van der Waals surface area contributed by atoms with E-state index in [-0.39, 0.29) is 19.5 Å². The summed E-state index contributed by atoms with van der Waals surface area (Å²) in [5.74, 6) is -1.38. The van der Waals surface area contributed by atoms with E-state index in [0.29, 0.717) is 5.56 Å². The quantitative estimate of drug-likeness (QED) is 0.721. The molecule has 6 heteroatoms. The van der Waals surface area contributed by atoms with Gasteiger partial charge in [0, 0.05) is 18.7 Å². The van der Waals surface area contributed by atoms with E-state index in [1.807, 2.05) is 0 Å². The van der Waals surface area contributed by atoms with E-state index in [9.17, 15) is 14.0 Å². The van der Waals surface area contributed by atoms with Gasteiger partial charge in [0.25, 0.3) is 0 Å². The minimum Gasteiger partial charge on any atom is -0.481 e. The third-order valence-corrected chi connectivity index (χ3v) is 2.02. The number of rotatable bonds is 5. The lowest BCUT2D eigenvalue weighted by Gasteiger charge is -2.07. The highest BCUT2D eigenvalue weighted by molar-refractivity contribution is 5.74. The molecule has 0 atom stereocenters. The van der Waals surface area contributed by atoms with Crippen LogP contribution >= 0.6 is 0 Å². The first-order chi connectivity index (χ1) is 8.09. The Morgan fingerprint density at radius 2 is 1.94 bits per heavy atom. The van der Waals surface area contributed by atoms with Crippen LogP contribution in [0.3, 0.4) is 0 Å². The van der Waals surface area contributed by atoms with Crippen LogP contribution in [0.4, 0.5) is 9.18 Å². The number of carboxylic acid groups (broad SMARTS) is 1. The fraction of sp³-hybridized carbons (Fsp3) is 0.273. The third-order valence-electron chi connectivity index (χ3n) is 2.02. The van der Waals surface area contributed by atoms with Crippen LogP contribution in [-0.2, 0) is 11.3 Å². The van der Waals surface area contributed by atoms with Crippen molar-refractivity contribution < 1.29 is 19.1 Å². The van der Waals surface area contributed by atoms with E-state index < -0.39 is 17.8 Å². The SMILES string of the molecule is O=C(O)CCNC(=O)NCc1ccccc1F. The van der Waals surface area contributed by atoms with Crippen molar-refractivity contribution in [1.82, 2.24) is 10.6 Å². The molecule has 92 valence electrons. The second-order valence-electron chi connectivity index (χ2n) is 3.34. The van der Waals surface area contributed by atoms with Gasteiger partial charge in [-0.25, -0.2) is 9.18 Å². The highest BCUT2D eigenvalue weighted by atomic mass is 19.1. The highest BCUT2D eigenvalue weighted by Gasteiger charge is 2.04. The number of carbonyl (C=O) groups is 2. The molecule has 1 rings (SSSR count). The van der Waals surface area contributed by atoms with Gasteiger partial charge in [0.1, 0.15) is 5.82 Å². The number of halogens is 1. The maximum absolute atomic E-state index is 13.1. The molecule has 1 aromatic rings. The molecule has 0 aliphatic heterocycles. The summed E-state index contributed by atoms with van der Waals surface area (Å²) in [4.78, 5) is 21.4. The van der Waals surface area contributed by atoms with Crippen LogP contribution in [0.2, 0.25) is 0 Å². The molecule has 0 heterocycles. The third kappa shape index (κ3) is 4.96. The molecule has 0 radical (unpaired) electrons. The van der Waals surface area contributed by atoms with Gasteiger partial charge in [0.2, 0.25) is 0 Å². The van der Waals surface area contributed by atoms with Gasteiger partial charge in [0.05, 0.1) is 6.42 Å². The van der Waals surface area contributed by atoms with Gasteiger partial charge in [-0.3, -0.25) is 4.79 Å². The molecule has 0 aliphatic rings. The number of carboxylic acids is 1. The van der Waals surface area contributed by atoms with Gasteiger partial charge in [-0.1, -0.05) is 18.2 Å². The molecule has 0 fully saturated rings. The van der Waals surface area contributed by atoms with Crippen molar-refractivity contribution in [1.29, 1.82) is 0 Å². The molecule has 0 spiro atoms. The molecule has 0 saturated carbocycles. The van der Waals surface area contributed by atoms with Gasteiger partial charge in [-0.2, -0.15) is 0 Å². The Bertz CT molecular complexity index is 409. The lowest BCUT2D eigenvalue weighted by Crippen LogP contribution is -2.36. The van der Waals surface area contributed by atoms with Crippen LogP contribution in [0.25, 0.3) is 0 Å². The van der Waals surface area contributed by atoms with E-state index in [2.05, 4.69) is 10.6 Å². The topological polar surface area (TPSA) is 78.4 Å². The molecule has 0 aliphatic carbocycles. The van der Waals surface area contributed by atoms with Crippen molar-refractivity contribution in [3.63, 3.8) is 0 Å². The first-order valence-corrected chi connectivity index (χ1v) is 5.06. The normalized spacial score (nSPS) is 9.71. The van der Waals surface area contributed by atoms with Crippen molar-refractivity contribution in [3.8, 4) is 0 Å². The summed E-state index contributed by atoms with van der Waals surface area (Å²) in [6.45, 7) is 0.101. The first-order valence-electron chi connectivity index (χ1n) is 5.06. The molecule has 3 N–H and O–H groups in total. The Balaban J connectivity index is 2.29. The summed E-state index contributed by atoms with van der Waals surface area (Å²) in [5.41, 5.74) is 0.376. The fourth-order valence-electron chi connectivity index (χ4n) is 1.16. The van der Waals surface area contributed by atoms with Gasteiger partial charge < -0.3 is 15.7 Å². The van der Waals surface area contributed by atoms with Gasteiger partial charge in [0.15, 0.2) is 0 Å². The van der Waals surface area contributed by atoms with Crippen LogP contribution in [0, 0.1) is 5.82 Å². The van der Waals surface area contributed by atoms with Crippen molar-refractivity contribution in [3.05, 3.63) is 35.6 Å². The Morgan fingerprint density at radius 1 is 1.24 bits per heavy atom. The van der Waals surface area contributed by atoms with Gasteiger partial charge >= 0.3 is 12.0 Å². The molecular weight excluding hydrogens is 227 g/mol. The van der Waals surface area contributed by atoms with E-state index in [1.54, 1.807) is 18.2 Å². The predicted molar refractivity (Wildman–Crippen MR) is 58.9 cm³/mol. The Labute approximate surface area is 97.6 Å². The number of nitrogens with one attached hydrogen (secondary N) is 2. The number of urea groups is 1. The molecule has 1 aromatic carbocycles. The second kappa shape index (κ2) is 6.47. The fourth-order valence-corrected chi connectivity index (χ4v) is 1.16. The van der Waals surface area contributed by atoms with E-state index in [0.717, 1.165) is 0 Å². The summed E-state index contributed by atoms with van der Waals surface area (Å²) in [5, 5.41) is 13.1. The van der Waals surface area contributed by atoms with Crippen molar-refractivity contribution in [2.75, 3.05) is 6.54 Å². The minimum atomic E-state index is -0.987. The maximum Gasteiger partial charge on any atom is 0.315 e. The molecule has 2 amide bonds. The first kappa shape index (κ1) is 13.0. The van der Waals surface area contributed by atoms with E-state index in [1.165, 1.54) is 6.07 Å². The van der Waals surface area contributed by atoms with Gasteiger partial charge in [-0.15, -0.1) is 0 Å². The van der Waals surface area contributed by atoms with Gasteiger partial charge in [-0.05, 0) is 6.07 Å². The van der Waals surface area contributed by atoms with Crippen LogP contribution < -0.4 is 10.6 Å². The van der Waals surface area contributed by atoms with E-state index in [4.69, 9.17) is 5.11 Å². The van der Waals surface area contributed by atoms with E-state index >= 15 is 0 Å². The second-order valence-corrected chi connectivity index (χ2v) is 3.34. The molecule has 0 bridgehead atoms. The zero-order valence-electron chi connectivity index (χ0n) is 9.07. The number of hydrogen-bond donors (Lipinski definition) is 3. The molecule has 0 saturated heterocycles. The van der Waals surface area contributed by atoms with Crippen molar-refractivity contribution in [2.24, 2.45) is 0 Å². The number of aliphatic carboxylic acids is 1. The van der Waals surface area contributed by atoms with Crippen LogP contribution in [-0.4, -0.2) is 23.7 Å². The predicted octanol–water partition coefficient (Wildman–Crippen LogP) is 1.10. The van der Waals surface area contributed by atoms with Crippen LogP contribution in [0.5, 0.6) is 0 Å². The average Bonchev–Trinajstić information content (AvgIpc) is 2.27. The number of carbonyl (C=O) groups excluding carboxylic acids is 1. The maximum atomic E-state index is 13.1. The monoisotopic (exact) mass is 240 g/mol. The summed E-state index contributed by atoms with van der Waals surface area (Å²) >= 11 is 0. The molecule has 17 heavy (non-hydrogen) atoms. The molecular formula is C11H13FN2O3. The molecule has 5 nitrogen and oxygen atoms in total. The lowest BCUT2D eigenvalue weighted by atomic mass is 10.2. The lowest BCUT2D eigenvalue weighted by molar-refractivity contribution is -0.136. The van der Waals surface area contributed by atoms with Crippen LogP contribution in [0.1, 0.15) is 12.0 Å². The summed E-state index contributed by atoms with van der Waals surface area (Å²) < 4.78 is 13.1. The summed E-state index contributed by atoms with van der Waals surface area (Å²) in [6, 6.07) is 5.58. The molecule has 0 aromatic heterocycles. The number of hydrogen-bond acceptors (Lipinski definition) is 2. The largest absolute Gasteiger partial charge is 0.481 e. The number of amides is 2. The standard InChI is InChI=1S/C11H13FN2O3/c12-9-4-2-1-3-8(9)7-14-11(17)13-6-5-10(15)16/h1-4H,5-7H2,(H,15,16)(H2,13,14,17). The Hall–Kier alpha value is -2.11. The van der Waals surface area contributed by atoms with Crippen molar-refractivity contribution in [2.45, 2.75) is 13.0 Å². The zero-order chi connectivity index (χ0) is 12.7. The highest BCUT2D eigenvalue weighted by Crippen LogP contribution is 2.05. The minimum absolute atomic E-state index is 0.0401. The Morgan fingerprint density at radius 3 is 2.59 bits per heavy atom.